The summed E-state index contributed by atoms with van der Waals surface area (Å²) in [6, 6.07) is 0. The molecule has 0 bridgehead atoms. The van der Waals surface area contributed by atoms with Crippen LogP contribution in [0.25, 0.3) is 0 Å². The Morgan fingerprint density at radius 3 is 2.50 bits per heavy atom. The molecule has 0 spiro atoms. The quantitative estimate of drug-likeness (QED) is 0.654. The van der Waals surface area contributed by atoms with E-state index < -0.39 is 11.5 Å². The van der Waals surface area contributed by atoms with E-state index in [0.717, 1.165) is 6.42 Å². The van der Waals surface area contributed by atoms with Crippen LogP contribution in [0.3, 0.4) is 0 Å². The van der Waals surface area contributed by atoms with Crippen molar-refractivity contribution in [3.05, 3.63) is 0 Å². The Morgan fingerprint density at radius 2 is 2.14 bits per heavy atom. The summed E-state index contributed by atoms with van der Waals surface area (Å²) in [5, 5.41) is 11.9. The molecule has 4 heteroatoms. The maximum absolute atomic E-state index is 11.0. The fourth-order valence-electron chi connectivity index (χ4n) is 1.01. The number of aliphatic carboxylic acids is 1. The third kappa shape index (κ3) is 4.07. The molecule has 4 nitrogen and oxygen atoms in total. The Kier molecular flexibility index (Phi) is 5.72. The van der Waals surface area contributed by atoms with E-state index in [9.17, 15) is 4.79 Å². The lowest BCUT2D eigenvalue weighted by molar-refractivity contribution is -0.147. The van der Waals surface area contributed by atoms with E-state index in [1.54, 1.807) is 6.92 Å². The van der Waals surface area contributed by atoms with Crippen molar-refractivity contribution in [3.63, 3.8) is 0 Å². The summed E-state index contributed by atoms with van der Waals surface area (Å²) in [6.45, 7) is 8.29. The number of hydrogen-bond acceptors (Lipinski definition) is 3. The first-order valence-corrected chi connectivity index (χ1v) is 5.06. The second-order valence-corrected chi connectivity index (χ2v) is 3.70. The Balaban J connectivity index is 4.16. The molecule has 0 rings (SSSR count). The highest BCUT2D eigenvalue weighted by molar-refractivity contribution is 5.78. The van der Waals surface area contributed by atoms with Crippen LogP contribution in [0.5, 0.6) is 0 Å². The number of ether oxygens (including phenoxy) is 1. The van der Waals surface area contributed by atoms with Gasteiger partial charge in [-0.3, -0.25) is 4.79 Å². The predicted octanol–water partition coefficient (Wildman–Crippen LogP) is 1.25. The van der Waals surface area contributed by atoms with Gasteiger partial charge in [-0.1, -0.05) is 13.8 Å². The molecule has 0 fully saturated rings. The van der Waals surface area contributed by atoms with Crippen molar-refractivity contribution in [1.29, 1.82) is 0 Å². The monoisotopic (exact) mass is 203 g/mol. The van der Waals surface area contributed by atoms with Crippen LogP contribution in [0.2, 0.25) is 0 Å². The van der Waals surface area contributed by atoms with E-state index in [1.807, 2.05) is 20.8 Å². The standard InChI is InChI=1S/C10H21NO3/c1-5-8(3)14-7-10(4,9(12)13)11-6-2/h8,11H,5-7H2,1-4H3,(H,12,13). The smallest absolute Gasteiger partial charge is 0.326 e. The first-order valence-electron chi connectivity index (χ1n) is 5.06. The van der Waals surface area contributed by atoms with E-state index in [0.29, 0.717) is 6.54 Å². The van der Waals surface area contributed by atoms with Gasteiger partial charge in [-0.2, -0.15) is 0 Å². The van der Waals surface area contributed by atoms with E-state index in [4.69, 9.17) is 9.84 Å². The van der Waals surface area contributed by atoms with Crippen LogP contribution in [0, 0.1) is 0 Å². The van der Waals surface area contributed by atoms with E-state index >= 15 is 0 Å². The van der Waals surface area contributed by atoms with Crippen molar-refractivity contribution in [2.24, 2.45) is 0 Å². The second kappa shape index (κ2) is 5.98. The lowest BCUT2D eigenvalue weighted by Crippen LogP contribution is -2.53. The van der Waals surface area contributed by atoms with Crippen LogP contribution < -0.4 is 5.32 Å². The fourth-order valence-corrected chi connectivity index (χ4v) is 1.01. The third-order valence-electron chi connectivity index (χ3n) is 2.27. The number of carbonyl (C=O) groups is 1. The van der Waals surface area contributed by atoms with Gasteiger partial charge in [0.1, 0.15) is 5.54 Å². The lowest BCUT2D eigenvalue weighted by atomic mass is 10.0. The van der Waals surface area contributed by atoms with Gasteiger partial charge in [-0.15, -0.1) is 0 Å². The summed E-state index contributed by atoms with van der Waals surface area (Å²) in [6.07, 6.45) is 0.995. The number of carboxylic acid groups (broad SMARTS) is 1. The largest absolute Gasteiger partial charge is 0.480 e. The van der Waals surface area contributed by atoms with Gasteiger partial charge < -0.3 is 15.2 Å². The van der Waals surface area contributed by atoms with E-state index in [1.165, 1.54) is 0 Å². The lowest BCUT2D eigenvalue weighted by Gasteiger charge is -2.26. The fraction of sp³-hybridized carbons (Fsp3) is 0.900. The van der Waals surface area contributed by atoms with Crippen LogP contribution in [-0.2, 0) is 9.53 Å². The molecule has 0 saturated carbocycles. The van der Waals surface area contributed by atoms with Gasteiger partial charge in [0.2, 0.25) is 0 Å². The normalized spacial score (nSPS) is 17.4. The Labute approximate surface area is 85.6 Å². The molecule has 2 unspecified atom stereocenters. The molecule has 2 N–H and O–H groups in total. The Morgan fingerprint density at radius 1 is 1.57 bits per heavy atom. The molecule has 0 aromatic rings. The molecule has 0 aliphatic heterocycles. The Hall–Kier alpha value is -0.610. The molecule has 2 atom stereocenters. The van der Waals surface area contributed by atoms with Crippen molar-refractivity contribution in [1.82, 2.24) is 5.32 Å². The topological polar surface area (TPSA) is 58.6 Å². The summed E-state index contributed by atoms with van der Waals surface area (Å²) in [7, 11) is 0. The molecule has 0 aromatic carbocycles. The molecule has 0 amide bonds. The van der Waals surface area contributed by atoms with Gasteiger partial charge in [0.05, 0.1) is 12.7 Å². The predicted molar refractivity (Wildman–Crippen MR) is 55.4 cm³/mol. The summed E-state index contributed by atoms with van der Waals surface area (Å²) in [5.41, 5.74) is -0.974. The van der Waals surface area contributed by atoms with Gasteiger partial charge in [0.25, 0.3) is 0 Å². The molecule has 0 aromatic heterocycles. The number of rotatable bonds is 7. The number of nitrogens with one attached hydrogen (secondary N) is 1. The van der Waals surface area contributed by atoms with Crippen molar-refractivity contribution < 1.29 is 14.6 Å². The molecule has 0 aliphatic carbocycles. The summed E-state index contributed by atoms with van der Waals surface area (Å²) in [4.78, 5) is 11.0. The van der Waals surface area contributed by atoms with Crippen LogP contribution in [0.15, 0.2) is 0 Å². The van der Waals surface area contributed by atoms with E-state index in [-0.39, 0.29) is 12.7 Å². The van der Waals surface area contributed by atoms with Crippen molar-refractivity contribution in [2.45, 2.75) is 45.8 Å². The zero-order chi connectivity index (χ0) is 11.2. The maximum atomic E-state index is 11.0. The zero-order valence-corrected chi connectivity index (χ0v) is 9.46. The van der Waals surface area contributed by atoms with Gasteiger partial charge >= 0.3 is 5.97 Å². The van der Waals surface area contributed by atoms with Gasteiger partial charge in [-0.25, -0.2) is 0 Å². The van der Waals surface area contributed by atoms with Crippen LogP contribution in [0.4, 0.5) is 0 Å². The molecule has 84 valence electrons. The minimum absolute atomic E-state index is 0.104. The highest BCUT2D eigenvalue weighted by atomic mass is 16.5. The average Bonchev–Trinajstić information content (AvgIpc) is 2.14. The number of hydrogen-bond donors (Lipinski definition) is 2. The Bertz CT molecular complexity index is 184. The number of carboxylic acids is 1. The average molecular weight is 203 g/mol. The van der Waals surface area contributed by atoms with E-state index in [2.05, 4.69) is 5.32 Å². The minimum Gasteiger partial charge on any atom is -0.480 e. The van der Waals surface area contributed by atoms with Crippen LogP contribution in [-0.4, -0.2) is 35.9 Å². The van der Waals surface area contributed by atoms with Crippen molar-refractivity contribution in [3.8, 4) is 0 Å². The first-order chi connectivity index (χ1) is 6.46. The molecule has 14 heavy (non-hydrogen) atoms. The summed E-state index contributed by atoms with van der Waals surface area (Å²) in [5.74, 6) is -0.873. The molecule has 0 radical (unpaired) electrons. The second-order valence-electron chi connectivity index (χ2n) is 3.70. The van der Waals surface area contributed by atoms with Crippen LogP contribution >= 0.6 is 0 Å². The van der Waals surface area contributed by atoms with Gasteiger partial charge in [0.15, 0.2) is 0 Å². The molecule has 0 saturated heterocycles. The molecular weight excluding hydrogens is 182 g/mol. The molecule has 0 aliphatic rings. The number of likely N-dealkylation sites (N-methyl/N-ethyl adjacent to an activating group) is 1. The zero-order valence-electron chi connectivity index (χ0n) is 9.46. The SMILES string of the molecule is CCNC(C)(COC(C)CC)C(=O)O. The minimum atomic E-state index is -0.974. The summed E-state index contributed by atoms with van der Waals surface area (Å²) < 4.78 is 5.43. The molecular formula is C10H21NO3. The van der Waals surface area contributed by atoms with Crippen LogP contribution in [0.1, 0.15) is 34.1 Å². The maximum Gasteiger partial charge on any atom is 0.326 e. The van der Waals surface area contributed by atoms with Gasteiger partial charge in [0, 0.05) is 0 Å². The van der Waals surface area contributed by atoms with Crippen molar-refractivity contribution in [2.75, 3.05) is 13.2 Å². The highest BCUT2D eigenvalue weighted by Crippen LogP contribution is 2.07. The van der Waals surface area contributed by atoms with Crippen molar-refractivity contribution >= 4 is 5.97 Å². The molecule has 0 heterocycles. The van der Waals surface area contributed by atoms with Gasteiger partial charge in [-0.05, 0) is 26.8 Å². The highest BCUT2D eigenvalue weighted by Gasteiger charge is 2.32. The first kappa shape index (κ1) is 13.4. The summed E-state index contributed by atoms with van der Waals surface area (Å²) >= 11 is 0. The third-order valence-corrected chi connectivity index (χ3v) is 2.27.